The van der Waals surface area contributed by atoms with Gasteiger partial charge in [-0.3, -0.25) is 4.79 Å². The number of anilines is 2. The van der Waals surface area contributed by atoms with E-state index in [1.165, 1.54) is 0 Å². The van der Waals surface area contributed by atoms with Gasteiger partial charge in [0.2, 0.25) is 0 Å². The Balaban J connectivity index is 0.00000225. The molecule has 0 unspecified atom stereocenters. The summed E-state index contributed by atoms with van der Waals surface area (Å²) in [7, 11) is -3.30. The molecule has 1 saturated carbocycles. The number of benzene rings is 2. The Kier molecular flexibility index (Phi) is 6.01. The molecule has 1 aliphatic heterocycles. The monoisotopic (exact) mass is 420 g/mol. The number of hydrogen-bond donors (Lipinski definition) is 1. The van der Waals surface area contributed by atoms with E-state index in [-0.39, 0.29) is 23.6 Å². The van der Waals surface area contributed by atoms with Gasteiger partial charge in [-0.1, -0.05) is 18.9 Å². The van der Waals surface area contributed by atoms with Gasteiger partial charge in [-0.15, -0.1) is 12.4 Å². The molecule has 28 heavy (non-hydrogen) atoms. The van der Waals surface area contributed by atoms with Crippen molar-refractivity contribution in [3.63, 3.8) is 0 Å². The van der Waals surface area contributed by atoms with Crippen LogP contribution in [0.1, 0.15) is 48.0 Å². The molecule has 0 saturated heterocycles. The van der Waals surface area contributed by atoms with Crippen molar-refractivity contribution in [2.24, 2.45) is 0 Å². The predicted molar refractivity (Wildman–Crippen MR) is 114 cm³/mol. The number of carbonyl (C=O) groups is 1. The lowest BCUT2D eigenvalue weighted by molar-refractivity contribution is 0.0985. The molecule has 1 heterocycles. The van der Waals surface area contributed by atoms with Gasteiger partial charge in [0, 0.05) is 23.5 Å². The van der Waals surface area contributed by atoms with Crippen LogP contribution < -0.4 is 10.6 Å². The highest BCUT2D eigenvalue weighted by Gasteiger charge is 2.31. The number of hydrogen-bond acceptors (Lipinski definition) is 4. The van der Waals surface area contributed by atoms with Crippen LogP contribution >= 0.6 is 12.4 Å². The van der Waals surface area contributed by atoms with Crippen molar-refractivity contribution in [1.82, 2.24) is 0 Å². The maximum absolute atomic E-state index is 13.0. The number of sulfone groups is 1. The molecule has 2 aromatic rings. The summed E-state index contributed by atoms with van der Waals surface area (Å²) >= 11 is 0. The molecule has 0 radical (unpaired) electrons. The fourth-order valence-electron chi connectivity index (χ4n) is 4.20. The Hall–Kier alpha value is -2.05. The summed E-state index contributed by atoms with van der Waals surface area (Å²) in [6, 6.07) is 12.0. The fourth-order valence-corrected chi connectivity index (χ4v) is 6.05. The molecular weight excluding hydrogens is 396 g/mol. The summed E-state index contributed by atoms with van der Waals surface area (Å²) in [5.41, 5.74) is 9.14. The van der Waals surface area contributed by atoms with Gasteiger partial charge in [0.15, 0.2) is 9.84 Å². The average molecular weight is 421 g/mol. The summed E-state index contributed by atoms with van der Waals surface area (Å²) in [5.74, 6) is -0.119. The molecule has 2 aromatic carbocycles. The Labute approximate surface area is 172 Å². The Morgan fingerprint density at radius 1 is 1.00 bits per heavy atom. The molecule has 0 spiro atoms. The minimum atomic E-state index is -3.30. The number of rotatable bonds is 3. The highest BCUT2D eigenvalue weighted by Crippen LogP contribution is 2.33. The maximum atomic E-state index is 13.0. The zero-order valence-electron chi connectivity index (χ0n) is 15.6. The van der Waals surface area contributed by atoms with E-state index in [1.54, 1.807) is 29.2 Å². The molecule has 7 heteroatoms. The van der Waals surface area contributed by atoms with Crippen molar-refractivity contribution >= 4 is 39.5 Å². The zero-order valence-corrected chi connectivity index (χ0v) is 17.3. The first-order chi connectivity index (χ1) is 13.0. The van der Waals surface area contributed by atoms with Gasteiger partial charge in [-0.2, -0.15) is 0 Å². The normalized spacial score (nSPS) is 17.1. The van der Waals surface area contributed by atoms with E-state index in [1.807, 2.05) is 18.2 Å². The molecule has 2 aliphatic rings. The molecule has 1 aliphatic carbocycles. The first kappa shape index (κ1) is 20.7. The molecular formula is C21H25ClN2O3S. The van der Waals surface area contributed by atoms with Crippen LogP contribution in [0.15, 0.2) is 47.4 Å². The molecule has 4 rings (SSSR count). The average Bonchev–Trinajstić information content (AvgIpc) is 3.23. The van der Waals surface area contributed by atoms with Crippen LogP contribution in [0, 0.1) is 0 Å². The van der Waals surface area contributed by atoms with E-state index in [0.717, 1.165) is 49.8 Å². The first-order valence-electron chi connectivity index (χ1n) is 9.51. The van der Waals surface area contributed by atoms with Crippen LogP contribution in [0.4, 0.5) is 11.4 Å². The van der Waals surface area contributed by atoms with E-state index in [4.69, 9.17) is 5.73 Å². The highest BCUT2D eigenvalue weighted by molar-refractivity contribution is 7.92. The third-order valence-corrected chi connectivity index (χ3v) is 7.98. The van der Waals surface area contributed by atoms with E-state index in [2.05, 4.69) is 0 Å². The minimum absolute atomic E-state index is 0. The molecule has 1 amide bonds. The van der Waals surface area contributed by atoms with Crippen molar-refractivity contribution in [1.29, 1.82) is 0 Å². The minimum Gasteiger partial charge on any atom is -0.398 e. The SMILES string of the molecule is Cl.Nc1cccc2c1CCCN2C(=O)c1ccc(S(=O)(=O)C2CCCC2)cc1. The summed E-state index contributed by atoms with van der Waals surface area (Å²) in [4.78, 5) is 15.1. The van der Waals surface area contributed by atoms with E-state index < -0.39 is 9.84 Å². The van der Waals surface area contributed by atoms with E-state index in [0.29, 0.717) is 22.7 Å². The van der Waals surface area contributed by atoms with Crippen LogP contribution in [0.5, 0.6) is 0 Å². The van der Waals surface area contributed by atoms with Gasteiger partial charge in [-0.25, -0.2) is 8.42 Å². The number of fused-ring (bicyclic) bond motifs is 1. The lowest BCUT2D eigenvalue weighted by atomic mass is 9.99. The van der Waals surface area contributed by atoms with Crippen molar-refractivity contribution in [2.75, 3.05) is 17.2 Å². The van der Waals surface area contributed by atoms with Gasteiger partial charge in [-0.05, 0) is 67.6 Å². The van der Waals surface area contributed by atoms with Crippen LogP contribution in [0.3, 0.4) is 0 Å². The fraction of sp³-hybridized carbons (Fsp3) is 0.381. The molecule has 2 N–H and O–H groups in total. The number of carbonyl (C=O) groups excluding carboxylic acids is 1. The van der Waals surface area contributed by atoms with Crippen molar-refractivity contribution < 1.29 is 13.2 Å². The number of nitrogen functional groups attached to an aromatic ring is 1. The first-order valence-corrected chi connectivity index (χ1v) is 11.1. The van der Waals surface area contributed by atoms with Crippen LogP contribution in [-0.2, 0) is 16.3 Å². The van der Waals surface area contributed by atoms with Gasteiger partial charge in [0.25, 0.3) is 5.91 Å². The topological polar surface area (TPSA) is 80.5 Å². The Morgan fingerprint density at radius 2 is 1.68 bits per heavy atom. The number of amides is 1. The van der Waals surface area contributed by atoms with Crippen molar-refractivity contribution in [2.45, 2.75) is 48.7 Å². The van der Waals surface area contributed by atoms with Gasteiger partial charge < -0.3 is 10.6 Å². The standard InChI is InChI=1S/C21H24N2O3S.ClH/c22-19-8-3-9-20-18(19)7-4-14-23(20)21(24)15-10-12-17(13-11-15)27(25,26)16-5-1-2-6-16;/h3,8-13,16H,1-2,4-7,14,22H2;1H. The molecule has 0 atom stereocenters. The lowest BCUT2D eigenvalue weighted by Crippen LogP contribution is -2.35. The summed E-state index contributed by atoms with van der Waals surface area (Å²) in [5, 5.41) is -0.281. The Morgan fingerprint density at radius 3 is 2.36 bits per heavy atom. The lowest BCUT2D eigenvalue weighted by Gasteiger charge is -2.30. The molecule has 0 bridgehead atoms. The second-order valence-corrected chi connectivity index (χ2v) is 9.61. The summed E-state index contributed by atoms with van der Waals surface area (Å²) in [6.45, 7) is 0.636. The van der Waals surface area contributed by atoms with Gasteiger partial charge in [0.1, 0.15) is 0 Å². The smallest absolute Gasteiger partial charge is 0.258 e. The Bertz CT molecular complexity index is 968. The second-order valence-electron chi connectivity index (χ2n) is 7.38. The van der Waals surface area contributed by atoms with E-state index in [9.17, 15) is 13.2 Å². The van der Waals surface area contributed by atoms with Crippen LogP contribution in [0.25, 0.3) is 0 Å². The van der Waals surface area contributed by atoms with Crippen molar-refractivity contribution in [3.05, 3.63) is 53.6 Å². The zero-order chi connectivity index (χ0) is 19.0. The number of nitrogens with two attached hydrogens (primary N) is 1. The maximum Gasteiger partial charge on any atom is 0.258 e. The number of halogens is 1. The quantitative estimate of drug-likeness (QED) is 0.761. The molecule has 150 valence electrons. The largest absolute Gasteiger partial charge is 0.398 e. The third-order valence-electron chi connectivity index (χ3n) is 5.70. The third kappa shape index (κ3) is 3.63. The van der Waals surface area contributed by atoms with Crippen LogP contribution in [-0.4, -0.2) is 26.1 Å². The van der Waals surface area contributed by atoms with Crippen molar-refractivity contribution in [3.8, 4) is 0 Å². The van der Waals surface area contributed by atoms with Gasteiger partial charge in [0.05, 0.1) is 10.1 Å². The van der Waals surface area contributed by atoms with Crippen LogP contribution in [0.2, 0.25) is 0 Å². The van der Waals surface area contributed by atoms with Gasteiger partial charge >= 0.3 is 0 Å². The predicted octanol–water partition coefficient (Wildman–Crippen LogP) is 4.00. The highest BCUT2D eigenvalue weighted by atomic mass is 35.5. The number of nitrogens with zero attached hydrogens (tertiary/aromatic N) is 1. The molecule has 0 aromatic heterocycles. The second kappa shape index (κ2) is 8.13. The molecule has 1 fully saturated rings. The molecule has 5 nitrogen and oxygen atoms in total. The summed E-state index contributed by atoms with van der Waals surface area (Å²) in [6.07, 6.45) is 5.13. The summed E-state index contributed by atoms with van der Waals surface area (Å²) < 4.78 is 25.4. The van der Waals surface area contributed by atoms with E-state index >= 15 is 0 Å².